The van der Waals surface area contributed by atoms with Gasteiger partial charge in [0.2, 0.25) is 0 Å². The van der Waals surface area contributed by atoms with Crippen molar-refractivity contribution in [3.63, 3.8) is 0 Å². The van der Waals surface area contributed by atoms with Crippen molar-refractivity contribution in [1.29, 1.82) is 0 Å². The molecule has 0 aromatic rings. The number of nitrogens with zero attached hydrogens (tertiary/aromatic N) is 1. The molecule has 1 aliphatic rings. The van der Waals surface area contributed by atoms with Gasteiger partial charge in [-0.2, -0.15) is 0 Å². The molecule has 1 unspecified atom stereocenters. The number of carboxylic acids is 1. The predicted octanol–water partition coefficient (Wildman–Crippen LogP) is 1.65. The molecule has 0 radical (unpaired) electrons. The second-order valence-corrected chi connectivity index (χ2v) is 5.39. The molecule has 108 valence electrons. The Labute approximate surface area is 113 Å². The van der Waals surface area contributed by atoms with Crippen LogP contribution in [0.25, 0.3) is 0 Å². The number of ether oxygens (including phenoxy) is 2. The van der Waals surface area contributed by atoms with E-state index in [1.54, 1.807) is 20.8 Å². The third-order valence-electron chi connectivity index (χ3n) is 2.54. The van der Waals surface area contributed by atoms with E-state index in [4.69, 9.17) is 14.6 Å². The summed E-state index contributed by atoms with van der Waals surface area (Å²) in [5, 5.41) is 8.57. The lowest BCUT2D eigenvalue weighted by Gasteiger charge is -2.30. The van der Waals surface area contributed by atoms with E-state index in [-0.39, 0.29) is 12.6 Å². The predicted molar refractivity (Wildman–Crippen MR) is 68.9 cm³/mol. The van der Waals surface area contributed by atoms with Crippen LogP contribution in [0.5, 0.6) is 0 Å². The van der Waals surface area contributed by atoms with Crippen molar-refractivity contribution in [2.75, 3.05) is 19.8 Å². The maximum absolute atomic E-state index is 12.1. The molecule has 19 heavy (non-hydrogen) atoms. The Morgan fingerprint density at radius 3 is 2.63 bits per heavy atom. The molecule has 0 aromatic carbocycles. The molecule has 1 N–H and O–H groups in total. The van der Waals surface area contributed by atoms with Gasteiger partial charge in [-0.1, -0.05) is 6.08 Å². The van der Waals surface area contributed by atoms with Gasteiger partial charge < -0.3 is 14.6 Å². The highest BCUT2D eigenvalue weighted by molar-refractivity contribution is 5.79. The summed E-state index contributed by atoms with van der Waals surface area (Å²) in [5.74, 6) is -1.04. The van der Waals surface area contributed by atoms with Crippen molar-refractivity contribution in [3.05, 3.63) is 12.2 Å². The average molecular weight is 271 g/mol. The monoisotopic (exact) mass is 271 g/mol. The van der Waals surface area contributed by atoms with Crippen LogP contribution in [0.3, 0.4) is 0 Å². The zero-order valence-electron chi connectivity index (χ0n) is 11.6. The first-order valence-corrected chi connectivity index (χ1v) is 6.26. The lowest BCUT2D eigenvalue weighted by Crippen LogP contribution is -2.43. The normalized spacial score (nSPS) is 19.6. The van der Waals surface area contributed by atoms with Gasteiger partial charge in [0, 0.05) is 19.2 Å². The molecule has 1 amide bonds. The van der Waals surface area contributed by atoms with Crippen molar-refractivity contribution in [3.8, 4) is 0 Å². The molecule has 1 fully saturated rings. The second kappa shape index (κ2) is 6.56. The molecule has 1 atom stereocenters. The molecule has 0 saturated carbocycles. The van der Waals surface area contributed by atoms with Crippen LogP contribution in [-0.4, -0.2) is 53.5 Å². The van der Waals surface area contributed by atoms with Crippen molar-refractivity contribution in [2.45, 2.75) is 38.8 Å². The molecule has 1 aliphatic heterocycles. The molecule has 1 heterocycles. The first kappa shape index (κ1) is 15.5. The van der Waals surface area contributed by atoms with Crippen LogP contribution in [0.2, 0.25) is 0 Å². The average Bonchev–Trinajstić information content (AvgIpc) is 2.74. The fourth-order valence-electron chi connectivity index (χ4n) is 1.73. The lowest BCUT2D eigenvalue weighted by molar-refractivity contribution is -0.131. The summed E-state index contributed by atoms with van der Waals surface area (Å²) in [4.78, 5) is 24.1. The first-order valence-electron chi connectivity index (χ1n) is 6.26. The summed E-state index contributed by atoms with van der Waals surface area (Å²) in [6.45, 7) is 6.64. The molecule has 6 heteroatoms. The maximum atomic E-state index is 12.1. The Balaban J connectivity index is 2.68. The van der Waals surface area contributed by atoms with E-state index >= 15 is 0 Å². The summed E-state index contributed by atoms with van der Waals surface area (Å²) in [7, 11) is 0. The fourth-order valence-corrected chi connectivity index (χ4v) is 1.73. The van der Waals surface area contributed by atoms with Crippen LogP contribution >= 0.6 is 0 Å². The van der Waals surface area contributed by atoms with Crippen LogP contribution < -0.4 is 0 Å². The quantitative estimate of drug-likeness (QED) is 0.787. The topological polar surface area (TPSA) is 76.1 Å². The molecule has 6 nitrogen and oxygen atoms in total. The van der Waals surface area contributed by atoms with E-state index < -0.39 is 17.7 Å². The number of hydrogen-bond donors (Lipinski definition) is 1. The number of carbonyl (C=O) groups excluding carboxylic acids is 1. The number of carbonyl (C=O) groups is 2. The van der Waals surface area contributed by atoms with E-state index in [0.29, 0.717) is 13.2 Å². The molecule has 0 spiro atoms. The highest BCUT2D eigenvalue weighted by Crippen LogP contribution is 2.17. The molecule has 0 aromatic heterocycles. The largest absolute Gasteiger partial charge is 0.478 e. The standard InChI is InChI=1S/C13H21NO5/c1-13(2,3)19-12(17)14(7-4-5-11(15)16)10-6-8-18-9-10/h4-5,10H,6-9H2,1-3H3,(H,15,16)/b5-4+. The molecule has 0 aliphatic carbocycles. The third kappa shape index (κ3) is 5.74. The third-order valence-corrected chi connectivity index (χ3v) is 2.54. The Kier molecular flexibility index (Phi) is 5.35. The lowest BCUT2D eigenvalue weighted by atomic mass is 10.2. The van der Waals surface area contributed by atoms with Crippen LogP contribution in [0.1, 0.15) is 27.2 Å². The highest BCUT2D eigenvalue weighted by atomic mass is 16.6. The minimum atomic E-state index is -1.04. The number of rotatable bonds is 4. The van der Waals surface area contributed by atoms with Crippen LogP contribution in [0, 0.1) is 0 Å². The van der Waals surface area contributed by atoms with E-state index in [1.807, 2.05) is 0 Å². The van der Waals surface area contributed by atoms with Crippen molar-refractivity contribution >= 4 is 12.1 Å². The molecule has 0 bridgehead atoms. The van der Waals surface area contributed by atoms with Gasteiger partial charge >= 0.3 is 12.1 Å². The van der Waals surface area contributed by atoms with Gasteiger partial charge in [-0.3, -0.25) is 4.90 Å². The van der Waals surface area contributed by atoms with Crippen molar-refractivity contribution < 1.29 is 24.2 Å². The molecule has 1 saturated heterocycles. The SMILES string of the molecule is CC(C)(C)OC(=O)N(C/C=C/C(=O)O)C1CCOC1. The second-order valence-electron chi connectivity index (χ2n) is 5.39. The molecular weight excluding hydrogens is 250 g/mol. The van der Waals surface area contributed by atoms with Crippen LogP contribution in [-0.2, 0) is 14.3 Å². The van der Waals surface area contributed by atoms with Gasteiger partial charge in [-0.15, -0.1) is 0 Å². The molecule has 1 rings (SSSR count). The van der Waals surface area contributed by atoms with E-state index in [0.717, 1.165) is 12.5 Å². The Morgan fingerprint density at radius 2 is 2.16 bits per heavy atom. The summed E-state index contributed by atoms with van der Waals surface area (Å²) in [6, 6.07) is -0.0618. The van der Waals surface area contributed by atoms with Gasteiger partial charge in [0.15, 0.2) is 0 Å². The van der Waals surface area contributed by atoms with Crippen molar-refractivity contribution in [1.82, 2.24) is 4.90 Å². The van der Waals surface area contributed by atoms with Gasteiger partial charge in [0.25, 0.3) is 0 Å². The number of aliphatic carboxylic acids is 1. The minimum absolute atomic E-state index is 0.0618. The number of hydrogen-bond acceptors (Lipinski definition) is 4. The smallest absolute Gasteiger partial charge is 0.410 e. The fraction of sp³-hybridized carbons (Fsp3) is 0.692. The maximum Gasteiger partial charge on any atom is 0.410 e. The molecular formula is C13H21NO5. The van der Waals surface area contributed by atoms with E-state index in [9.17, 15) is 9.59 Å². The van der Waals surface area contributed by atoms with E-state index in [2.05, 4.69) is 0 Å². The minimum Gasteiger partial charge on any atom is -0.478 e. The number of carboxylic acid groups (broad SMARTS) is 1. The Bertz CT molecular complexity index is 353. The number of amides is 1. The summed E-state index contributed by atoms with van der Waals surface area (Å²) >= 11 is 0. The van der Waals surface area contributed by atoms with Crippen molar-refractivity contribution in [2.24, 2.45) is 0 Å². The first-order chi connectivity index (χ1) is 8.79. The summed E-state index contributed by atoms with van der Waals surface area (Å²) in [6.07, 6.45) is 2.75. The van der Waals surface area contributed by atoms with Gasteiger partial charge in [-0.25, -0.2) is 9.59 Å². The summed E-state index contributed by atoms with van der Waals surface area (Å²) < 4.78 is 10.6. The Morgan fingerprint density at radius 1 is 1.47 bits per heavy atom. The highest BCUT2D eigenvalue weighted by Gasteiger charge is 2.30. The summed E-state index contributed by atoms with van der Waals surface area (Å²) in [5.41, 5.74) is -0.578. The van der Waals surface area contributed by atoms with E-state index in [1.165, 1.54) is 11.0 Å². The van der Waals surface area contributed by atoms with Gasteiger partial charge in [0.05, 0.1) is 12.6 Å². The Hall–Kier alpha value is -1.56. The van der Waals surface area contributed by atoms with Crippen LogP contribution in [0.4, 0.5) is 4.79 Å². The van der Waals surface area contributed by atoms with Gasteiger partial charge in [0.1, 0.15) is 5.60 Å². The van der Waals surface area contributed by atoms with Crippen LogP contribution in [0.15, 0.2) is 12.2 Å². The van der Waals surface area contributed by atoms with Gasteiger partial charge in [-0.05, 0) is 27.2 Å². The zero-order chi connectivity index (χ0) is 14.5. The zero-order valence-corrected chi connectivity index (χ0v) is 11.6.